The highest BCUT2D eigenvalue weighted by molar-refractivity contribution is 6.06. The molecule has 1 aromatic heterocycles. The Morgan fingerprint density at radius 3 is 2.33 bits per heavy atom. The van der Waals surface area contributed by atoms with Gasteiger partial charge in [0.05, 0.1) is 6.21 Å². The van der Waals surface area contributed by atoms with Gasteiger partial charge in [0.15, 0.2) is 0 Å². The van der Waals surface area contributed by atoms with E-state index in [0.717, 1.165) is 40.8 Å². The van der Waals surface area contributed by atoms with Crippen molar-refractivity contribution >= 4 is 40.7 Å². The summed E-state index contributed by atoms with van der Waals surface area (Å²) in [5.74, 6) is -0.902. The molecule has 0 saturated carbocycles. The molecule has 0 saturated heterocycles. The van der Waals surface area contributed by atoms with Crippen LogP contribution in [0.5, 0.6) is 0 Å². The number of fused-ring (bicyclic) bond motifs is 1. The summed E-state index contributed by atoms with van der Waals surface area (Å²) in [6, 6.07) is 24.4. The van der Waals surface area contributed by atoms with E-state index < -0.39 is 5.91 Å². The Morgan fingerprint density at radius 2 is 1.61 bits per heavy atom. The molecule has 0 aliphatic carbocycles. The molecule has 0 aliphatic rings. The molecule has 3 N–H and O–H groups in total. The number of carbonyl (C=O) groups excluding carboxylic acids is 2. The molecule has 0 atom stereocenters. The fourth-order valence-electron chi connectivity index (χ4n) is 3.90. The maximum absolute atomic E-state index is 13.1. The fraction of sp³-hybridized carbons (Fsp3) is 0.138. The van der Waals surface area contributed by atoms with E-state index in [1.807, 2.05) is 60.8 Å². The van der Waals surface area contributed by atoms with E-state index in [9.17, 15) is 9.59 Å². The second-order valence-corrected chi connectivity index (χ2v) is 8.13. The number of hydrogen-bond acceptors (Lipinski definition) is 4. The molecule has 182 valence electrons. The molecular formula is C29H29N5O2. The number of H-pyrrole nitrogens is 1. The van der Waals surface area contributed by atoms with Crippen LogP contribution in [0.2, 0.25) is 0 Å². The van der Waals surface area contributed by atoms with Crippen LogP contribution in [0, 0.1) is 0 Å². The zero-order valence-corrected chi connectivity index (χ0v) is 20.4. The van der Waals surface area contributed by atoms with Crippen molar-refractivity contribution in [3.05, 3.63) is 107 Å². The summed E-state index contributed by atoms with van der Waals surface area (Å²) in [7, 11) is 0. The zero-order chi connectivity index (χ0) is 25.3. The Morgan fingerprint density at radius 1 is 0.917 bits per heavy atom. The minimum absolute atomic E-state index is 0.0931. The van der Waals surface area contributed by atoms with Crippen molar-refractivity contribution in [2.75, 3.05) is 18.0 Å². The highest BCUT2D eigenvalue weighted by atomic mass is 16.2. The Labute approximate surface area is 210 Å². The van der Waals surface area contributed by atoms with E-state index in [2.05, 4.69) is 39.6 Å². The molecule has 1 heterocycles. The van der Waals surface area contributed by atoms with Gasteiger partial charge in [0.1, 0.15) is 5.70 Å². The van der Waals surface area contributed by atoms with Crippen molar-refractivity contribution in [2.24, 2.45) is 5.10 Å². The van der Waals surface area contributed by atoms with Gasteiger partial charge in [-0.1, -0.05) is 48.5 Å². The lowest BCUT2D eigenvalue weighted by atomic mass is 10.1. The number of rotatable bonds is 9. The summed E-state index contributed by atoms with van der Waals surface area (Å²) in [4.78, 5) is 31.3. The van der Waals surface area contributed by atoms with Gasteiger partial charge in [-0.3, -0.25) is 9.59 Å². The van der Waals surface area contributed by atoms with Gasteiger partial charge in [0.25, 0.3) is 11.8 Å². The first-order chi connectivity index (χ1) is 17.6. The molecule has 7 heteroatoms. The van der Waals surface area contributed by atoms with E-state index in [-0.39, 0.29) is 11.6 Å². The molecule has 4 rings (SSSR count). The first-order valence-electron chi connectivity index (χ1n) is 11.9. The quantitative estimate of drug-likeness (QED) is 0.181. The number of hydrazone groups is 1. The largest absolute Gasteiger partial charge is 0.372 e. The van der Waals surface area contributed by atoms with Crippen LogP contribution in [0.1, 0.15) is 35.3 Å². The van der Waals surface area contributed by atoms with E-state index in [1.165, 1.54) is 0 Å². The van der Waals surface area contributed by atoms with Crippen molar-refractivity contribution in [1.82, 2.24) is 15.7 Å². The number of aromatic amines is 1. The van der Waals surface area contributed by atoms with Gasteiger partial charge in [-0.25, -0.2) is 5.43 Å². The Hall–Kier alpha value is -4.65. The average Bonchev–Trinajstić information content (AvgIpc) is 3.33. The highest BCUT2D eigenvalue weighted by Gasteiger charge is 2.14. The average molecular weight is 480 g/mol. The lowest BCUT2D eigenvalue weighted by Crippen LogP contribution is -2.32. The van der Waals surface area contributed by atoms with Gasteiger partial charge in [-0.05, 0) is 55.8 Å². The van der Waals surface area contributed by atoms with E-state index in [0.29, 0.717) is 5.56 Å². The number of benzene rings is 3. The number of aromatic nitrogens is 1. The van der Waals surface area contributed by atoms with E-state index >= 15 is 0 Å². The van der Waals surface area contributed by atoms with Crippen molar-refractivity contribution in [2.45, 2.75) is 13.8 Å². The lowest BCUT2D eigenvalue weighted by Gasteiger charge is -2.20. The standard InChI is InChI=1S/C29H29N5O2/c1-3-34(4-2)24-16-14-21(15-17-24)18-27(32-28(35)22-10-6-5-7-11-22)29(36)33-31-20-23-19-30-26-13-9-8-12-25(23)26/h5-20,30H,3-4H2,1-2H3,(H,32,35)(H,33,36)/b27-18+,31-20-. The highest BCUT2D eigenvalue weighted by Crippen LogP contribution is 2.17. The SMILES string of the molecule is CCN(CC)c1ccc(/C=C(/NC(=O)c2ccccc2)C(=O)N/N=C\c2c[nH]c3ccccc23)cc1. The third kappa shape index (κ3) is 5.88. The predicted octanol–water partition coefficient (Wildman–Crippen LogP) is 4.94. The third-order valence-electron chi connectivity index (χ3n) is 5.85. The molecule has 0 unspecified atom stereocenters. The minimum atomic E-state index is -0.525. The maximum Gasteiger partial charge on any atom is 0.287 e. The van der Waals surface area contributed by atoms with Gasteiger partial charge in [-0.15, -0.1) is 0 Å². The molecule has 3 aromatic carbocycles. The van der Waals surface area contributed by atoms with E-state index in [1.54, 1.807) is 36.6 Å². The number of nitrogens with zero attached hydrogens (tertiary/aromatic N) is 2. The van der Waals surface area contributed by atoms with Crippen LogP contribution < -0.4 is 15.6 Å². The maximum atomic E-state index is 13.1. The van der Waals surface area contributed by atoms with Crippen LogP contribution in [0.15, 0.2) is 95.9 Å². The van der Waals surface area contributed by atoms with Crippen molar-refractivity contribution in [3.63, 3.8) is 0 Å². The molecule has 0 aliphatic heterocycles. The Balaban J connectivity index is 1.56. The predicted molar refractivity (Wildman–Crippen MR) is 146 cm³/mol. The summed E-state index contributed by atoms with van der Waals surface area (Å²) in [5, 5.41) is 7.85. The Bertz CT molecular complexity index is 1380. The van der Waals surface area contributed by atoms with Crippen LogP contribution >= 0.6 is 0 Å². The van der Waals surface area contributed by atoms with Gasteiger partial charge >= 0.3 is 0 Å². The number of hydrogen-bond donors (Lipinski definition) is 3. The van der Waals surface area contributed by atoms with Crippen LogP contribution in [-0.4, -0.2) is 36.1 Å². The van der Waals surface area contributed by atoms with Gasteiger partial charge < -0.3 is 15.2 Å². The van der Waals surface area contributed by atoms with Gasteiger partial charge in [-0.2, -0.15) is 5.10 Å². The third-order valence-corrected chi connectivity index (χ3v) is 5.85. The summed E-state index contributed by atoms with van der Waals surface area (Å²) in [5.41, 5.74) is 6.79. The van der Waals surface area contributed by atoms with Crippen molar-refractivity contribution < 1.29 is 9.59 Å². The number of anilines is 1. The molecule has 2 amide bonds. The molecule has 0 fully saturated rings. The number of amides is 2. The summed E-state index contributed by atoms with van der Waals surface area (Å²) in [6.45, 7) is 6.02. The first-order valence-corrected chi connectivity index (χ1v) is 11.9. The van der Waals surface area contributed by atoms with Crippen molar-refractivity contribution in [1.29, 1.82) is 0 Å². The second kappa shape index (κ2) is 11.7. The molecule has 0 radical (unpaired) electrons. The number of nitrogens with one attached hydrogen (secondary N) is 3. The monoisotopic (exact) mass is 479 g/mol. The smallest absolute Gasteiger partial charge is 0.287 e. The van der Waals surface area contributed by atoms with Gasteiger partial charge in [0.2, 0.25) is 0 Å². The van der Waals surface area contributed by atoms with Crippen LogP contribution in [0.3, 0.4) is 0 Å². The molecule has 4 aromatic rings. The fourth-order valence-corrected chi connectivity index (χ4v) is 3.90. The van der Waals surface area contributed by atoms with Gasteiger partial charge in [0, 0.05) is 47.0 Å². The molecule has 0 bridgehead atoms. The number of carbonyl (C=O) groups is 2. The van der Waals surface area contributed by atoms with E-state index in [4.69, 9.17) is 0 Å². The molecular weight excluding hydrogens is 450 g/mol. The van der Waals surface area contributed by atoms with Crippen molar-refractivity contribution in [3.8, 4) is 0 Å². The molecule has 36 heavy (non-hydrogen) atoms. The zero-order valence-electron chi connectivity index (χ0n) is 20.4. The minimum Gasteiger partial charge on any atom is -0.372 e. The summed E-state index contributed by atoms with van der Waals surface area (Å²) in [6.07, 6.45) is 5.04. The first kappa shape index (κ1) is 24.5. The number of para-hydroxylation sites is 1. The Kier molecular flexibility index (Phi) is 7.93. The lowest BCUT2D eigenvalue weighted by molar-refractivity contribution is -0.117. The summed E-state index contributed by atoms with van der Waals surface area (Å²) >= 11 is 0. The van der Waals surface area contributed by atoms with Crippen LogP contribution in [0.4, 0.5) is 5.69 Å². The van der Waals surface area contributed by atoms with Crippen LogP contribution in [0.25, 0.3) is 17.0 Å². The summed E-state index contributed by atoms with van der Waals surface area (Å²) < 4.78 is 0. The van der Waals surface area contributed by atoms with Crippen LogP contribution in [-0.2, 0) is 4.79 Å². The normalized spacial score (nSPS) is 11.6. The second-order valence-electron chi connectivity index (χ2n) is 8.13. The molecule has 0 spiro atoms. The topological polar surface area (TPSA) is 89.6 Å². The molecule has 7 nitrogen and oxygen atoms in total.